The van der Waals surface area contributed by atoms with Crippen LogP contribution in [0.5, 0.6) is 0 Å². The lowest BCUT2D eigenvalue weighted by atomic mass is 10.2. The summed E-state index contributed by atoms with van der Waals surface area (Å²) in [6.07, 6.45) is -0.483. The van der Waals surface area contributed by atoms with Crippen LogP contribution in [0.25, 0.3) is 0 Å². The zero-order chi connectivity index (χ0) is 13.5. The molecule has 0 aliphatic rings. The number of hydrogen-bond acceptors (Lipinski definition) is 4. The lowest BCUT2D eigenvalue weighted by Crippen LogP contribution is -2.39. The molecule has 0 aromatic heterocycles. The second kappa shape index (κ2) is 7.11. The van der Waals surface area contributed by atoms with E-state index in [4.69, 9.17) is 9.84 Å². The van der Waals surface area contributed by atoms with Crippen molar-refractivity contribution in [3.63, 3.8) is 0 Å². The lowest BCUT2D eigenvalue weighted by Gasteiger charge is -2.21. The normalized spacial score (nSPS) is 11.4. The molecule has 0 saturated heterocycles. The SMILES string of the molecule is CCN(CCNC(=O)OC(C)(C)C)CC(=O)O. The fourth-order valence-electron chi connectivity index (χ4n) is 1.17. The van der Waals surface area contributed by atoms with E-state index in [2.05, 4.69) is 5.32 Å². The number of carboxylic acid groups (broad SMARTS) is 1. The fraction of sp³-hybridized carbons (Fsp3) is 0.818. The van der Waals surface area contributed by atoms with Crippen molar-refractivity contribution >= 4 is 12.1 Å². The van der Waals surface area contributed by atoms with Crippen LogP contribution < -0.4 is 5.32 Å². The number of ether oxygens (including phenoxy) is 1. The fourth-order valence-corrected chi connectivity index (χ4v) is 1.17. The summed E-state index contributed by atoms with van der Waals surface area (Å²) >= 11 is 0. The van der Waals surface area contributed by atoms with Gasteiger partial charge in [0.15, 0.2) is 0 Å². The summed E-state index contributed by atoms with van der Waals surface area (Å²) in [6, 6.07) is 0. The highest BCUT2D eigenvalue weighted by molar-refractivity contribution is 5.69. The van der Waals surface area contributed by atoms with Crippen molar-refractivity contribution in [2.45, 2.75) is 33.3 Å². The molecular formula is C11H22N2O4. The van der Waals surface area contributed by atoms with Gasteiger partial charge in [0.25, 0.3) is 0 Å². The summed E-state index contributed by atoms with van der Waals surface area (Å²) in [5.74, 6) is -0.871. The second-order valence-electron chi connectivity index (χ2n) is 4.69. The van der Waals surface area contributed by atoms with Gasteiger partial charge >= 0.3 is 12.1 Å². The first-order chi connectivity index (χ1) is 7.74. The Kier molecular flexibility index (Phi) is 6.57. The number of carboxylic acids is 1. The Morgan fingerprint density at radius 3 is 2.35 bits per heavy atom. The van der Waals surface area contributed by atoms with E-state index in [-0.39, 0.29) is 6.54 Å². The van der Waals surface area contributed by atoms with Crippen molar-refractivity contribution < 1.29 is 19.4 Å². The van der Waals surface area contributed by atoms with Crippen LogP contribution in [0.15, 0.2) is 0 Å². The summed E-state index contributed by atoms with van der Waals surface area (Å²) < 4.78 is 5.05. The van der Waals surface area contributed by atoms with Crippen molar-refractivity contribution in [3.05, 3.63) is 0 Å². The molecule has 0 aromatic rings. The van der Waals surface area contributed by atoms with Crippen LogP contribution in [0.4, 0.5) is 4.79 Å². The number of carbonyl (C=O) groups is 2. The van der Waals surface area contributed by atoms with E-state index in [1.807, 2.05) is 6.92 Å². The quantitative estimate of drug-likeness (QED) is 0.728. The van der Waals surface area contributed by atoms with Crippen molar-refractivity contribution in [3.8, 4) is 0 Å². The maximum atomic E-state index is 11.3. The molecule has 0 spiro atoms. The Hall–Kier alpha value is -1.30. The molecule has 0 rings (SSSR count). The first kappa shape index (κ1) is 15.7. The predicted octanol–water partition coefficient (Wildman–Crippen LogP) is 0.918. The van der Waals surface area contributed by atoms with Crippen molar-refractivity contribution in [1.29, 1.82) is 0 Å². The van der Waals surface area contributed by atoms with Crippen LogP contribution in [-0.4, -0.2) is 53.8 Å². The van der Waals surface area contributed by atoms with Gasteiger partial charge in [0.05, 0.1) is 6.54 Å². The average Bonchev–Trinajstić information content (AvgIpc) is 2.12. The highest BCUT2D eigenvalue weighted by Gasteiger charge is 2.16. The number of rotatable bonds is 6. The van der Waals surface area contributed by atoms with E-state index < -0.39 is 17.7 Å². The summed E-state index contributed by atoms with van der Waals surface area (Å²) in [6.45, 7) is 8.70. The zero-order valence-corrected chi connectivity index (χ0v) is 10.9. The molecule has 2 N–H and O–H groups in total. The number of alkyl carbamates (subject to hydrolysis) is 1. The molecule has 0 unspecified atom stereocenters. The van der Waals surface area contributed by atoms with Gasteiger partial charge < -0.3 is 15.2 Å². The van der Waals surface area contributed by atoms with Crippen molar-refractivity contribution in [2.75, 3.05) is 26.2 Å². The molecule has 17 heavy (non-hydrogen) atoms. The lowest BCUT2D eigenvalue weighted by molar-refractivity contribution is -0.138. The molecule has 0 aromatic carbocycles. The molecule has 0 aliphatic heterocycles. The molecule has 0 heterocycles. The average molecular weight is 246 g/mol. The Bertz CT molecular complexity index is 261. The smallest absolute Gasteiger partial charge is 0.407 e. The van der Waals surface area contributed by atoms with Gasteiger partial charge in [0, 0.05) is 13.1 Å². The maximum absolute atomic E-state index is 11.3. The number of carbonyl (C=O) groups excluding carboxylic acids is 1. The van der Waals surface area contributed by atoms with E-state index in [1.54, 1.807) is 25.7 Å². The van der Waals surface area contributed by atoms with Gasteiger partial charge in [-0.05, 0) is 27.3 Å². The molecule has 0 radical (unpaired) electrons. The van der Waals surface area contributed by atoms with Crippen LogP contribution in [-0.2, 0) is 9.53 Å². The van der Waals surface area contributed by atoms with Gasteiger partial charge in [-0.25, -0.2) is 4.79 Å². The molecule has 0 atom stereocenters. The monoisotopic (exact) mass is 246 g/mol. The van der Waals surface area contributed by atoms with Gasteiger partial charge in [-0.3, -0.25) is 9.69 Å². The standard InChI is InChI=1S/C11H22N2O4/c1-5-13(8-9(14)15)7-6-12-10(16)17-11(2,3)4/h5-8H2,1-4H3,(H,12,16)(H,14,15). The number of aliphatic carboxylic acids is 1. The molecule has 1 amide bonds. The van der Waals surface area contributed by atoms with E-state index in [0.717, 1.165) is 0 Å². The predicted molar refractivity (Wildman–Crippen MR) is 64.0 cm³/mol. The van der Waals surface area contributed by atoms with E-state index in [0.29, 0.717) is 19.6 Å². The van der Waals surface area contributed by atoms with Crippen LogP contribution >= 0.6 is 0 Å². The molecule has 100 valence electrons. The van der Waals surface area contributed by atoms with E-state index in [1.165, 1.54) is 0 Å². The molecule has 6 heteroatoms. The number of hydrogen-bond donors (Lipinski definition) is 2. The minimum atomic E-state index is -0.871. The topological polar surface area (TPSA) is 78.9 Å². The summed E-state index contributed by atoms with van der Waals surface area (Å²) in [5.41, 5.74) is -0.518. The molecule has 0 bridgehead atoms. The van der Waals surface area contributed by atoms with E-state index in [9.17, 15) is 9.59 Å². The maximum Gasteiger partial charge on any atom is 0.407 e. The summed E-state index contributed by atoms with van der Waals surface area (Å²) in [5, 5.41) is 11.2. The van der Waals surface area contributed by atoms with Gasteiger partial charge in [-0.15, -0.1) is 0 Å². The first-order valence-electron chi connectivity index (χ1n) is 5.65. The van der Waals surface area contributed by atoms with Crippen LogP contribution in [0.2, 0.25) is 0 Å². The minimum Gasteiger partial charge on any atom is -0.480 e. The molecule has 0 fully saturated rings. The molecule has 0 aliphatic carbocycles. The Morgan fingerprint density at radius 2 is 1.94 bits per heavy atom. The first-order valence-corrected chi connectivity index (χ1v) is 5.65. The highest BCUT2D eigenvalue weighted by Crippen LogP contribution is 2.06. The third-order valence-corrected chi connectivity index (χ3v) is 1.90. The van der Waals surface area contributed by atoms with Crippen molar-refractivity contribution in [1.82, 2.24) is 10.2 Å². The van der Waals surface area contributed by atoms with Gasteiger partial charge in [0.2, 0.25) is 0 Å². The Morgan fingerprint density at radius 1 is 1.35 bits per heavy atom. The summed E-state index contributed by atoms with van der Waals surface area (Å²) in [4.78, 5) is 23.5. The minimum absolute atomic E-state index is 0.0213. The third-order valence-electron chi connectivity index (χ3n) is 1.90. The number of likely N-dealkylation sites (N-methyl/N-ethyl adjacent to an activating group) is 1. The number of nitrogens with zero attached hydrogens (tertiary/aromatic N) is 1. The number of amides is 1. The van der Waals surface area contributed by atoms with E-state index >= 15 is 0 Å². The second-order valence-corrected chi connectivity index (χ2v) is 4.69. The zero-order valence-electron chi connectivity index (χ0n) is 10.9. The molecule has 0 saturated carbocycles. The van der Waals surface area contributed by atoms with Crippen LogP contribution in [0, 0.1) is 0 Å². The van der Waals surface area contributed by atoms with Crippen LogP contribution in [0.1, 0.15) is 27.7 Å². The number of nitrogens with one attached hydrogen (secondary N) is 1. The third kappa shape index (κ3) is 9.62. The van der Waals surface area contributed by atoms with Gasteiger partial charge in [-0.2, -0.15) is 0 Å². The van der Waals surface area contributed by atoms with Crippen LogP contribution in [0.3, 0.4) is 0 Å². The van der Waals surface area contributed by atoms with Gasteiger partial charge in [0.1, 0.15) is 5.60 Å². The molecular weight excluding hydrogens is 224 g/mol. The largest absolute Gasteiger partial charge is 0.480 e. The van der Waals surface area contributed by atoms with Crippen molar-refractivity contribution in [2.24, 2.45) is 0 Å². The summed E-state index contributed by atoms with van der Waals surface area (Å²) in [7, 11) is 0. The Balaban J connectivity index is 3.81. The highest BCUT2D eigenvalue weighted by atomic mass is 16.6. The molecule has 6 nitrogen and oxygen atoms in total. The van der Waals surface area contributed by atoms with Gasteiger partial charge in [-0.1, -0.05) is 6.92 Å². The Labute approximate surface area is 102 Å².